The maximum atomic E-state index is 15.4. The largest absolute Gasteiger partial charge is 0.493 e. The fourth-order valence-electron chi connectivity index (χ4n) is 6.24. The Bertz CT molecular complexity index is 1660. The normalized spacial score (nSPS) is 19.0. The maximum Gasteiger partial charge on any atom is 0.316 e. The fourth-order valence-corrected chi connectivity index (χ4v) is 6.24. The van der Waals surface area contributed by atoms with Crippen molar-refractivity contribution in [1.82, 2.24) is 15.3 Å². The van der Waals surface area contributed by atoms with E-state index in [4.69, 9.17) is 19.9 Å². The molecule has 1 aliphatic carbocycles. The van der Waals surface area contributed by atoms with Crippen molar-refractivity contribution in [2.75, 3.05) is 38.3 Å². The Hall–Kier alpha value is -4.77. The molecule has 6 rings (SSSR count). The molecule has 2 atom stereocenters. The molecule has 0 bridgehead atoms. The number of rotatable bonds is 10. The zero-order valence-electron chi connectivity index (χ0n) is 24.4. The van der Waals surface area contributed by atoms with Crippen LogP contribution in [0.5, 0.6) is 23.1 Å². The zero-order valence-corrected chi connectivity index (χ0v) is 24.4. The first-order valence-corrected chi connectivity index (χ1v) is 14.7. The van der Waals surface area contributed by atoms with Crippen LogP contribution in [0.15, 0.2) is 67.0 Å². The Morgan fingerprint density at radius 3 is 2.48 bits per heavy atom. The van der Waals surface area contributed by atoms with Gasteiger partial charge in [0, 0.05) is 24.4 Å². The predicted molar refractivity (Wildman–Crippen MR) is 162 cm³/mol. The first-order valence-electron chi connectivity index (χ1n) is 14.7. The van der Waals surface area contributed by atoms with Gasteiger partial charge in [0.05, 0.1) is 24.6 Å². The molecule has 2 amide bonds. The molecule has 2 fully saturated rings. The number of ether oxygens (including phenoxy) is 3. The van der Waals surface area contributed by atoms with Crippen molar-refractivity contribution in [2.45, 2.75) is 19.3 Å². The summed E-state index contributed by atoms with van der Waals surface area (Å²) in [6, 6.07) is 16.9. The van der Waals surface area contributed by atoms with E-state index in [0.717, 1.165) is 54.3 Å². The van der Waals surface area contributed by atoms with Gasteiger partial charge in [0.15, 0.2) is 23.1 Å². The van der Waals surface area contributed by atoms with Gasteiger partial charge in [0.2, 0.25) is 5.88 Å². The third kappa shape index (κ3) is 6.28. The topological polar surface area (TPSA) is 129 Å². The minimum Gasteiger partial charge on any atom is -0.493 e. The lowest BCUT2D eigenvalue weighted by Crippen LogP contribution is -2.41. The lowest BCUT2D eigenvalue weighted by atomic mass is 10.0. The molecule has 0 radical (unpaired) electrons. The summed E-state index contributed by atoms with van der Waals surface area (Å²) in [5.41, 5.74) is 6.96. The van der Waals surface area contributed by atoms with Gasteiger partial charge in [-0.15, -0.1) is 0 Å². The molecule has 3 N–H and O–H groups in total. The Balaban J connectivity index is 1.20. The van der Waals surface area contributed by atoms with Crippen LogP contribution < -0.4 is 30.2 Å². The summed E-state index contributed by atoms with van der Waals surface area (Å²) in [7, 11) is 1.55. The minimum atomic E-state index is -1.13. The number of anilines is 1. The van der Waals surface area contributed by atoms with Crippen LogP contribution in [0.2, 0.25) is 0 Å². The highest BCUT2D eigenvalue weighted by molar-refractivity contribution is 6.39. The number of amides is 2. The lowest BCUT2D eigenvalue weighted by molar-refractivity contribution is -0.135. The molecule has 11 heteroatoms. The smallest absolute Gasteiger partial charge is 0.316 e. The second-order valence-electron chi connectivity index (χ2n) is 11.3. The highest BCUT2D eigenvalue weighted by atomic mass is 19.1. The number of nitrogens with one attached hydrogen (secondary N) is 1. The van der Waals surface area contributed by atoms with Crippen LogP contribution in [0.3, 0.4) is 0 Å². The molecule has 4 aromatic rings. The van der Waals surface area contributed by atoms with E-state index >= 15 is 4.39 Å². The van der Waals surface area contributed by atoms with Crippen molar-refractivity contribution >= 4 is 28.4 Å². The second-order valence-corrected chi connectivity index (χ2v) is 11.3. The van der Waals surface area contributed by atoms with Gasteiger partial charge in [-0.25, -0.2) is 14.4 Å². The number of fused-ring (bicyclic) bond motifs is 2. The van der Waals surface area contributed by atoms with E-state index in [9.17, 15) is 9.59 Å². The fraction of sp³-hybridized carbons (Fsp3) is 0.333. The molecule has 228 valence electrons. The van der Waals surface area contributed by atoms with Crippen molar-refractivity contribution in [3.8, 4) is 23.1 Å². The molecular formula is C33H34FN5O5. The van der Waals surface area contributed by atoms with Crippen molar-refractivity contribution in [3.05, 3.63) is 78.4 Å². The van der Waals surface area contributed by atoms with Crippen molar-refractivity contribution in [3.63, 3.8) is 0 Å². The molecule has 10 nitrogen and oxygen atoms in total. The van der Waals surface area contributed by atoms with Crippen LogP contribution in [-0.2, 0) is 16.0 Å². The summed E-state index contributed by atoms with van der Waals surface area (Å²) in [5.74, 6) is 0.197. The molecule has 1 saturated carbocycles. The second kappa shape index (κ2) is 12.8. The van der Waals surface area contributed by atoms with E-state index in [1.54, 1.807) is 19.2 Å². The highest BCUT2D eigenvalue weighted by Gasteiger charge is 2.37. The molecule has 1 aromatic heterocycles. The molecule has 2 heterocycles. The molecule has 0 spiro atoms. The van der Waals surface area contributed by atoms with Crippen LogP contribution in [0, 0.1) is 23.6 Å². The molecular weight excluding hydrogens is 565 g/mol. The average molecular weight is 600 g/mol. The van der Waals surface area contributed by atoms with E-state index in [1.165, 1.54) is 18.5 Å². The van der Waals surface area contributed by atoms with E-state index in [-0.39, 0.29) is 23.9 Å². The van der Waals surface area contributed by atoms with Gasteiger partial charge in [-0.3, -0.25) is 9.59 Å². The van der Waals surface area contributed by atoms with Crippen LogP contribution in [-0.4, -0.2) is 55.1 Å². The van der Waals surface area contributed by atoms with Gasteiger partial charge < -0.3 is 30.2 Å². The summed E-state index contributed by atoms with van der Waals surface area (Å²) < 4.78 is 33.1. The number of halogens is 1. The minimum absolute atomic E-state index is 0.121. The number of benzene rings is 3. The SMILES string of the molecule is COc1cc2c(Oc3ccc(N(CCc4ccccc4)C(=O)C(N)=O)cc3F)ncnc2cc1OCC1CC2CNCC2C1. The number of primary amides is 1. The van der Waals surface area contributed by atoms with Gasteiger partial charge in [-0.2, -0.15) is 0 Å². The van der Waals surface area contributed by atoms with Crippen LogP contribution in [0.4, 0.5) is 10.1 Å². The van der Waals surface area contributed by atoms with E-state index < -0.39 is 17.6 Å². The van der Waals surface area contributed by atoms with Crippen LogP contribution in [0.25, 0.3) is 10.9 Å². The Kier molecular flexibility index (Phi) is 8.56. The third-order valence-electron chi connectivity index (χ3n) is 8.47. The number of hydrogen-bond donors (Lipinski definition) is 2. The molecule has 2 unspecified atom stereocenters. The van der Waals surface area contributed by atoms with Gasteiger partial charge in [0.25, 0.3) is 0 Å². The summed E-state index contributed by atoms with van der Waals surface area (Å²) >= 11 is 0. The lowest BCUT2D eigenvalue weighted by Gasteiger charge is -2.22. The van der Waals surface area contributed by atoms with Crippen molar-refractivity contribution in [2.24, 2.45) is 23.5 Å². The number of nitrogens with two attached hydrogens (primary N) is 1. The van der Waals surface area contributed by atoms with Crippen molar-refractivity contribution < 1.29 is 28.2 Å². The van der Waals surface area contributed by atoms with Gasteiger partial charge in [0.1, 0.15) is 6.33 Å². The zero-order chi connectivity index (χ0) is 30.6. The number of nitrogens with zero attached hydrogens (tertiary/aromatic N) is 3. The third-order valence-corrected chi connectivity index (χ3v) is 8.47. The van der Waals surface area contributed by atoms with Crippen LogP contribution >= 0.6 is 0 Å². The summed E-state index contributed by atoms with van der Waals surface area (Å²) in [5, 5.41) is 3.98. The molecule has 2 aliphatic rings. The van der Waals surface area contributed by atoms with E-state index in [1.807, 2.05) is 30.3 Å². The molecule has 1 saturated heterocycles. The quantitative estimate of drug-likeness (QED) is 0.259. The predicted octanol–water partition coefficient (Wildman–Crippen LogP) is 4.26. The summed E-state index contributed by atoms with van der Waals surface area (Å²) in [6.45, 7) is 2.90. The van der Waals surface area contributed by atoms with Crippen LogP contribution in [0.1, 0.15) is 18.4 Å². The number of carbonyl (C=O) groups is 2. The van der Waals surface area contributed by atoms with Gasteiger partial charge in [-0.1, -0.05) is 30.3 Å². The Morgan fingerprint density at radius 2 is 1.77 bits per heavy atom. The standard InChI is InChI=1S/C33H34FN5O5/c1-42-29-14-25-27(15-30(29)43-18-21-11-22-16-36-17-23(22)12-21)37-19-38-32(25)44-28-8-7-24(13-26(28)34)39(33(41)31(35)40)10-9-20-5-3-2-4-6-20/h2-8,13-15,19,21-23,36H,9-12,16-18H2,1H3,(H2,35,40). The Morgan fingerprint density at radius 1 is 1.00 bits per heavy atom. The first-order chi connectivity index (χ1) is 21.4. The van der Waals surface area contributed by atoms with Gasteiger partial charge in [-0.05, 0) is 73.9 Å². The number of carbonyl (C=O) groups excluding carboxylic acids is 2. The first kappa shape index (κ1) is 29.3. The highest BCUT2D eigenvalue weighted by Crippen LogP contribution is 2.41. The Labute approximate surface area is 254 Å². The monoisotopic (exact) mass is 599 g/mol. The molecule has 1 aliphatic heterocycles. The maximum absolute atomic E-state index is 15.4. The van der Waals surface area contributed by atoms with Crippen molar-refractivity contribution in [1.29, 1.82) is 0 Å². The van der Waals surface area contributed by atoms with Gasteiger partial charge >= 0.3 is 11.8 Å². The molecule has 44 heavy (non-hydrogen) atoms. The number of methoxy groups -OCH3 is 1. The number of aromatic nitrogens is 2. The summed E-state index contributed by atoms with van der Waals surface area (Å²) in [6.07, 6.45) is 4.08. The summed E-state index contributed by atoms with van der Waals surface area (Å²) in [4.78, 5) is 34.1. The van der Waals surface area contributed by atoms with E-state index in [2.05, 4.69) is 15.3 Å². The molecule has 3 aromatic carbocycles. The average Bonchev–Trinajstić information content (AvgIpc) is 3.64. The number of hydrogen-bond acceptors (Lipinski definition) is 8. The van der Waals surface area contributed by atoms with E-state index in [0.29, 0.717) is 41.3 Å².